The highest BCUT2D eigenvalue weighted by atomic mass is 35.5. The molecule has 104 valence electrons. The molecule has 1 aromatic heterocycles. The highest BCUT2D eigenvalue weighted by Crippen LogP contribution is 2.24. The van der Waals surface area contributed by atoms with Gasteiger partial charge in [0, 0.05) is 24.9 Å². The SMILES string of the molecule is CC(Cn1c(CCCl)nc2c(Cl)cccc21)N(C)C. The number of rotatable bonds is 5. The number of fused-ring (bicyclic) bond motifs is 1. The fourth-order valence-electron chi connectivity index (χ4n) is 2.07. The number of halogens is 2. The molecule has 0 fully saturated rings. The van der Waals surface area contributed by atoms with Crippen molar-refractivity contribution >= 4 is 34.2 Å². The molecule has 0 amide bonds. The fraction of sp³-hybridized carbons (Fsp3) is 0.500. The molecule has 2 rings (SSSR count). The summed E-state index contributed by atoms with van der Waals surface area (Å²) >= 11 is 12.1. The summed E-state index contributed by atoms with van der Waals surface area (Å²) < 4.78 is 2.23. The first kappa shape index (κ1) is 14.6. The van der Waals surface area contributed by atoms with E-state index in [1.165, 1.54) is 0 Å². The number of aryl methyl sites for hydroxylation is 1. The third-order valence-corrected chi connectivity index (χ3v) is 3.95. The van der Waals surface area contributed by atoms with E-state index in [0.29, 0.717) is 16.9 Å². The highest BCUT2D eigenvalue weighted by molar-refractivity contribution is 6.34. The third-order valence-electron chi connectivity index (χ3n) is 3.46. The van der Waals surface area contributed by atoms with Crippen LogP contribution < -0.4 is 0 Å². The number of aromatic nitrogens is 2. The van der Waals surface area contributed by atoms with Gasteiger partial charge in [-0.15, -0.1) is 11.6 Å². The maximum absolute atomic E-state index is 6.22. The Morgan fingerprint density at radius 3 is 2.74 bits per heavy atom. The summed E-state index contributed by atoms with van der Waals surface area (Å²) in [6, 6.07) is 6.33. The monoisotopic (exact) mass is 299 g/mol. The maximum Gasteiger partial charge on any atom is 0.111 e. The van der Waals surface area contributed by atoms with Crippen molar-refractivity contribution in [2.75, 3.05) is 20.0 Å². The normalized spacial score (nSPS) is 13.4. The first-order valence-electron chi connectivity index (χ1n) is 6.40. The number of alkyl halides is 1. The summed E-state index contributed by atoms with van der Waals surface area (Å²) in [5.41, 5.74) is 1.96. The summed E-state index contributed by atoms with van der Waals surface area (Å²) in [6.07, 6.45) is 0.757. The lowest BCUT2D eigenvalue weighted by molar-refractivity contribution is 0.284. The molecule has 1 heterocycles. The van der Waals surface area contributed by atoms with E-state index in [4.69, 9.17) is 23.2 Å². The second-order valence-corrected chi connectivity index (χ2v) is 5.78. The Balaban J connectivity index is 2.49. The molecule has 0 saturated carbocycles. The van der Waals surface area contributed by atoms with Crippen molar-refractivity contribution in [3.8, 4) is 0 Å². The molecular formula is C14H19Cl2N3. The Labute approximate surface area is 124 Å². The molecule has 0 N–H and O–H groups in total. The van der Waals surface area contributed by atoms with E-state index < -0.39 is 0 Å². The molecule has 1 atom stereocenters. The summed E-state index contributed by atoms with van der Waals surface area (Å²) in [7, 11) is 4.16. The minimum absolute atomic E-state index is 0.422. The standard InChI is InChI=1S/C14H19Cl2N3/c1-10(18(2)3)9-19-12-6-4-5-11(16)14(12)17-13(19)7-8-15/h4-6,10H,7-9H2,1-3H3. The zero-order valence-corrected chi connectivity index (χ0v) is 13.0. The molecule has 5 heteroatoms. The second kappa shape index (κ2) is 6.12. The number of likely N-dealkylation sites (N-methyl/N-ethyl adjacent to an activating group) is 1. The summed E-state index contributed by atoms with van der Waals surface area (Å²) in [6.45, 7) is 3.08. The van der Waals surface area contributed by atoms with Gasteiger partial charge in [-0.25, -0.2) is 4.98 Å². The number of hydrogen-bond donors (Lipinski definition) is 0. The van der Waals surface area contributed by atoms with Gasteiger partial charge in [0.1, 0.15) is 11.3 Å². The minimum atomic E-state index is 0.422. The van der Waals surface area contributed by atoms with E-state index in [9.17, 15) is 0 Å². The zero-order valence-electron chi connectivity index (χ0n) is 11.5. The Kier molecular flexibility index (Phi) is 4.71. The van der Waals surface area contributed by atoms with Gasteiger partial charge in [0.25, 0.3) is 0 Å². The van der Waals surface area contributed by atoms with Crippen LogP contribution in [-0.4, -0.2) is 40.5 Å². The highest BCUT2D eigenvalue weighted by Gasteiger charge is 2.15. The Morgan fingerprint density at radius 2 is 2.11 bits per heavy atom. The molecule has 1 unspecified atom stereocenters. The van der Waals surface area contributed by atoms with Crippen molar-refractivity contribution in [2.24, 2.45) is 0 Å². The Bertz CT molecular complexity index is 563. The van der Waals surface area contributed by atoms with Gasteiger partial charge in [0.15, 0.2) is 0 Å². The molecule has 0 saturated heterocycles. The van der Waals surface area contributed by atoms with E-state index in [2.05, 4.69) is 41.5 Å². The van der Waals surface area contributed by atoms with Crippen LogP contribution in [0.3, 0.4) is 0 Å². The molecule has 19 heavy (non-hydrogen) atoms. The lowest BCUT2D eigenvalue weighted by Crippen LogP contribution is -2.29. The Morgan fingerprint density at radius 1 is 1.37 bits per heavy atom. The number of nitrogens with zero attached hydrogens (tertiary/aromatic N) is 3. The van der Waals surface area contributed by atoms with Gasteiger partial charge >= 0.3 is 0 Å². The van der Waals surface area contributed by atoms with Crippen LogP contribution in [0.2, 0.25) is 5.02 Å². The van der Waals surface area contributed by atoms with Gasteiger partial charge in [-0.2, -0.15) is 0 Å². The molecule has 0 aliphatic heterocycles. The van der Waals surface area contributed by atoms with E-state index >= 15 is 0 Å². The molecule has 0 aliphatic carbocycles. The molecule has 0 spiro atoms. The van der Waals surface area contributed by atoms with E-state index in [0.717, 1.165) is 29.8 Å². The zero-order chi connectivity index (χ0) is 14.0. The largest absolute Gasteiger partial charge is 0.326 e. The molecule has 0 bridgehead atoms. The van der Waals surface area contributed by atoms with Crippen molar-refractivity contribution in [3.05, 3.63) is 29.0 Å². The quantitative estimate of drug-likeness (QED) is 0.789. The van der Waals surface area contributed by atoms with Gasteiger partial charge in [-0.1, -0.05) is 17.7 Å². The molecular weight excluding hydrogens is 281 g/mol. The average molecular weight is 300 g/mol. The molecule has 0 aliphatic rings. The molecule has 1 aromatic carbocycles. The average Bonchev–Trinajstić information content (AvgIpc) is 2.70. The molecule has 3 nitrogen and oxygen atoms in total. The van der Waals surface area contributed by atoms with Gasteiger partial charge in [0.2, 0.25) is 0 Å². The van der Waals surface area contributed by atoms with Crippen molar-refractivity contribution in [1.29, 1.82) is 0 Å². The summed E-state index contributed by atoms with van der Waals surface area (Å²) in [5, 5.41) is 0.699. The van der Waals surface area contributed by atoms with Crippen molar-refractivity contribution in [2.45, 2.75) is 25.9 Å². The lowest BCUT2D eigenvalue weighted by atomic mass is 10.2. The van der Waals surface area contributed by atoms with Crippen LogP contribution in [0.5, 0.6) is 0 Å². The predicted molar refractivity (Wildman–Crippen MR) is 82.3 cm³/mol. The number of benzene rings is 1. The van der Waals surface area contributed by atoms with Crippen LogP contribution >= 0.6 is 23.2 Å². The van der Waals surface area contributed by atoms with Crippen molar-refractivity contribution in [3.63, 3.8) is 0 Å². The van der Waals surface area contributed by atoms with E-state index in [1.807, 2.05) is 12.1 Å². The first-order chi connectivity index (χ1) is 9.04. The first-order valence-corrected chi connectivity index (χ1v) is 7.32. The topological polar surface area (TPSA) is 21.1 Å². The molecule has 0 radical (unpaired) electrons. The second-order valence-electron chi connectivity index (χ2n) is 5.00. The third kappa shape index (κ3) is 3.04. The van der Waals surface area contributed by atoms with Crippen LogP contribution in [-0.2, 0) is 13.0 Å². The van der Waals surface area contributed by atoms with Gasteiger partial charge in [-0.05, 0) is 33.2 Å². The van der Waals surface area contributed by atoms with Crippen molar-refractivity contribution in [1.82, 2.24) is 14.5 Å². The maximum atomic E-state index is 6.22. The van der Waals surface area contributed by atoms with Crippen LogP contribution in [0.15, 0.2) is 18.2 Å². The smallest absolute Gasteiger partial charge is 0.111 e. The number of hydrogen-bond acceptors (Lipinski definition) is 2. The van der Waals surface area contributed by atoms with Crippen molar-refractivity contribution < 1.29 is 0 Å². The predicted octanol–water partition coefficient (Wildman–Crippen LogP) is 3.42. The molecule has 2 aromatic rings. The lowest BCUT2D eigenvalue weighted by Gasteiger charge is -2.21. The number of imidazole rings is 1. The Hall–Kier alpha value is -0.770. The van der Waals surface area contributed by atoms with Gasteiger partial charge in [-0.3, -0.25) is 0 Å². The van der Waals surface area contributed by atoms with Crippen LogP contribution in [0.4, 0.5) is 0 Å². The van der Waals surface area contributed by atoms with Crippen LogP contribution in [0.25, 0.3) is 11.0 Å². The van der Waals surface area contributed by atoms with Gasteiger partial charge in [0.05, 0.1) is 10.5 Å². The minimum Gasteiger partial charge on any atom is -0.326 e. The van der Waals surface area contributed by atoms with Crippen LogP contribution in [0, 0.1) is 0 Å². The summed E-state index contributed by atoms with van der Waals surface area (Å²) in [4.78, 5) is 6.84. The van der Waals surface area contributed by atoms with Gasteiger partial charge < -0.3 is 9.47 Å². The number of para-hydroxylation sites is 1. The van der Waals surface area contributed by atoms with E-state index in [-0.39, 0.29) is 0 Å². The fourth-order valence-corrected chi connectivity index (χ4v) is 2.45. The van der Waals surface area contributed by atoms with E-state index in [1.54, 1.807) is 0 Å². The van der Waals surface area contributed by atoms with Crippen LogP contribution in [0.1, 0.15) is 12.7 Å². The summed E-state index contributed by atoms with van der Waals surface area (Å²) in [5.74, 6) is 1.57.